The highest BCUT2D eigenvalue weighted by atomic mass is 35.5. The van der Waals surface area contributed by atoms with E-state index in [1.54, 1.807) is 0 Å². The lowest BCUT2D eigenvalue weighted by molar-refractivity contribution is 0.261. The maximum Gasteiger partial charge on any atom is 0.326 e. The zero-order valence-corrected chi connectivity index (χ0v) is 20.4. The van der Waals surface area contributed by atoms with Crippen LogP contribution in [0.4, 0.5) is 16.4 Å². The van der Waals surface area contributed by atoms with Gasteiger partial charge in [-0.15, -0.1) is 0 Å². The van der Waals surface area contributed by atoms with E-state index in [-0.39, 0.29) is 17.9 Å². The predicted molar refractivity (Wildman–Crippen MR) is 139 cm³/mol. The highest BCUT2D eigenvalue weighted by molar-refractivity contribution is 6.34. The quantitative estimate of drug-likeness (QED) is 0.312. The Kier molecular flexibility index (Phi) is 6.48. The van der Waals surface area contributed by atoms with E-state index >= 15 is 0 Å². The fourth-order valence-electron chi connectivity index (χ4n) is 4.17. The van der Waals surface area contributed by atoms with Gasteiger partial charge in [0.05, 0.1) is 5.56 Å². The lowest BCUT2D eigenvalue weighted by Gasteiger charge is -2.20. The zero-order chi connectivity index (χ0) is 23.7. The lowest BCUT2D eigenvalue weighted by Crippen LogP contribution is -2.21. The van der Waals surface area contributed by atoms with E-state index < -0.39 is 0 Å². The molecule has 0 unspecified atom stereocenters. The third-order valence-electron chi connectivity index (χ3n) is 5.83. The molecule has 0 aliphatic carbocycles. The van der Waals surface area contributed by atoms with E-state index in [0.717, 1.165) is 38.9 Å². The number of benzene rings is 3. The normalized spacial score (nSPS) is 11.4. The van der Waals surface area contributed by atoms with Crippen LogP contribution in [0.2, 0.25) is 5.02 Å². The highest BCUT2D eigenvalue weighted by Crippen LogP contribution is 2.42. The number of urea groups is 1. The van der Waals surface area contributed by atoms with Crippen LogP contribution in [-0.2, 0) is 0 Å². The van der Waals surface area contributed by atoms with Crippen molar-refractivity contribution < 1.29 is 9.21 Å². The Morgan fingerprint density at radius 2 is 1.55 bits per heavy atom. The number of hydrogen-bond donors (Lipinski definition) is 2. The van der Waals surface area contributed by atoms with E-state index in [4.69, 9.17) is 16.0 Å². The largest absolute Gasteiger partial charge is 0.440 e. The fraction of sp³-hybridized carbons (Fsp3) is 0.250. The van der Waals surface area contributed by atoms with Crippen LogP contribution in [0.25, 0.3) is 22.1 Å². The number of para-hydroxylation sites is 1. The Morgan fingerprint density at radius 3 is 2.18 bits per heavy atom. The SMILES string of the molecule is Cc1ccc2oc(NC(=O)Nc3c(C(C)C)cccc3C(C)C)c(-c3ccccc3Cl)c2c1. The first-order valence-corrected chi connectivity index (χ1v) is 11.6. The summed E-state index contributed by atoms with van der Waals surface area (Å²) in [5.74, 6) is 0.910. The first-order valence-electron chi connectivity index (χ1n) is 11.2. The summed E-state index contributed by atoms with van der Waals surface area (Å²) in [6.45, 7) is 10.5. The van der Waals surface area contributed by atoms with Gasteiger partial charge < -0.3 is 9.73 Å². The van der Waals surface area contributed by atoms with Crippen LogP contribution < -0.4 is 10.6 Å². The minimum atomic E-state index is -0.353. The smallest absolute Gasteiger partial charge is 0.326 e. The van der Waals surface area contributed by atoms with Gasteiger partial charge in [-0.05, 0) is 48.1 Å². The van der Waals surface area contributed by atoms with E-state index in [1.165, 1.54) is 0 Å². The van der Waals surface area contributed by atoms with Crippen molar-refractivity contribution in [2.45, 2.75) is 46.5 Å². The monoisotopic (exact) mass is 460 g/mol. The summed E-state index contributed by atoms with van der Waals surface area (Å²) in [4.78, 5) is 13.2. The molecular weight excluding hydrogens is 432 g/mol. The number of nitrogens with one attached hydrogen (secondary N) is 2. The number of carbonyl (C=O) groups excluding carboxylic acids is 1. The molecule has 0 atom stereocenters. The average Bonchev–Trinajstić information content (AvgIpc) is 3.10. The molecule has 33 heavy (non-hydrogen) atoms. The Balaban J connectivity index is 1.76. The summed E-state index contributed by atoms with van der Waals surface area (Å²) in [6, 6.07) is 19.3. The van der Waals surface area contributed by atoms with E-state index in [1.807, 2.05) is 55.5 Å². The number of fused-ring (bicyclic) bond motifs is 1. The molecule has 5 heteroatoms. The molecule has 0 aliphatic rings. The van der Waals surface area contributed by atoms with Crippen LogP contribution in [0.3, 0.4) is 0 Å². The maximum atomic E-state index is 13.2. The van der Waals surface area contributed by atoms with Gasteiger partial charge in [0.15, 0.2) is 0 Å². The Morgan fingerprint density at radius 1 is 0.879 bits per heavy atom. The minimum absolute atomic E-state index is 0.270. The maximum absolute atomic E-state index is 13.2. The second kappa shape index (κ2) is 9.32. The molecule has 3 aromatic carbocycles. The van der Waals surface area contributed by atoms with Crippen LogP contribution in [0.5, 0.6) is 0 Å². The predicted octanol–water partition coefficient (Wildman–Crippen LogP) is 8.95. The van der Waals surface area contributed by atoms with Crippen molar-refractivity contribution in [2.75, 3.05) is 10.6 Å². The van der Waals surface area contributed by atoms with Gasteiger partial charge in [-0.25, -0.2) is 4.79 Å². The Labute approximate surface area is 200 Å². The summed E-state index contributed by atoms with van der Waals surface area (Å²) in [5, 5.41) is 7.55. The van der Waals surface area contributed by atoms with Gasteiger partial charge in [-0.3, -0.25) is 5.32 Å². The molecule has 2 amide bonds. The van der Waals surface area contributed by atoms with Crippen molar-refractivity contribution in [3.05, 3.63) is 82.4 Å². The number of carbonyl (C=O) groups is 1. The first kappa shape index (κ1) is 22.9. The number of furan rings is 1. The summed E-state index contributed by atoms with van der Waals surface area (Å²) in [6.07, 6.45) is 0. The van der Waals surface area contributed by atoms with Gasteiger partial charge in [0.25, 0.3) is 0 Å². The molecule has 0 radical (unpaired) electrons. The number of aryl methyl sites for hydroxylation is 1. The van der Waals surface area contributed by atoms with Gasteiger partial charge in [-0.2, -0.15) is 0 Å². The molecule has 1 heterocycles. The molecule has 1 aromatic heterocycles. The van der Waals surface area contributed by atoms with E-state index in [9.17, 15) is 4.79 Å². The average molecular weight is 461 g/mol. The van der Waals surface area contributed by atoms with Gasteiger partial charge in [0.1, 0.15) is 5.58 Å². The molecule has 4 aromatic rings. The van der Waals surface area contributed by atoms with Crippen LogP contribution in [-0.4, -0.2) is 6.03 Å². The van der Waals surface area contributed by atoms with Crippen molar-refractivity contribution >= 4 is 40.2 Å². The van der Waals surface area contributed by atoms with Gasteiger partial charge in [0, 0.05) is 21.7 Å². The van der Waals surface area contributed by atoms with Crippen molar-refractivity contribution in [2.24, 2.45) is 0 Å². The van der Waals surface area contributed by atoms with Crippen LogP contribution in [0, 0.1) is 6.92 Å². The standard InChI is InChI=1S/C28H29ClN2O2/c1-16(2)19-10-8-11-20(17(3)4)26(19)30-28(32)31-27-25(21-9-6-7-12-23(21)29)22-15-18(5)13-14-24(22)33-27/h6-17H,1-5H3,(H2,30,31,32). The molecule has 4 rings (SSSR count). The third-order valence-corrected chi connectivity index (χ3v) is 6.15. The minimum Gasteiger partial charge on any atom is -0.440 e. The van der Waals surface area contributed by atoms with Crippen molar-refractivity contribution in [3.8, 4) is 11.1 Å². The second-order valence-corrected chi connectivity index (χ2v) is 9.39. The first-order chi connectivity index (χ1) is 15.8. The molecule has 170 valence electrons. The molecular formula is C28H29ClN2O2. The van der Waals surface area contributed by atoms with Crippen LogP contribution in [0.15, 0.2) is 65.1 Å². The molecule has 0 aliphatic heterocycles. The summed E-state index contributed by atoms with van der Waals surface area (Å²) >= 11 is 6.54. The highest BCUT2D eigenvalue weighted by Gasteiger charge is 2.22. The summed E-state index contributed by atoms with van der Waals surface area (Å²) in [7, 11) is 0. The van der Waals surface area contributed by atoms with E-state index in [2.05, 4.69) is 50.5 Å². The molecule has 0 spiro atoms. The van der Waals surface area contributed by atoms with Crippen molar-refractivity contribution in [1.82, 2.24) is 0 Å². The number of anilines is 2. The Hall–Kier alpha value is -3.24. The molecule has 0 fully saturated rings. The molecule has 4 nitrogen and oxygen atoms in total. The molecule has 0 saturated heterocycles. The number of hydrogen-bond acceptors (Lipinski definition) is 2. The molecule has 2 N–H and O–H groups in total. The molecule has 0 bridgehead atoms. The lowest BCUT2D eigenvalue weighted by atomic mass is 9.93. The summed E-state index contributed by atoms with van der Waals surface area (Å²) in [5.41, 5.74) is 6.42. The second-order valence-electron chi connectivity index (χ2n) is 8.99. The van der Waals surface area contributed by atoms with Gasteiger partial charge in [0.2, 0.25) is 5.88 Å². The van der Waals surface area contributed by atoms with Gasteiger partial charge >= 0.3 is 6.03 Å². The topological polar surface area (TPSA) is 54.3 Å². The van der Waals surface area contributed by atoms with Crippen molar-refractivity contribution in [3.63, 3.8) is 0 Å². The Bertz CT molecular complexity index is 1290. The van der Waals surface area contributed by atoms with Crippen LogP contribution >= 0.6 is 11.6 Å². The van der Waals surface area contributed by atoms with Crippen LogP contribution in [0.1, 0.15) is 56.2 Å². The molecule has 0 saturated carbocycles. The zero-order valence-electron chi connectivity index (χ0n) is 19.6. The number of amides is 2. The third kappa shape index (κ3) is 4.62. The van der Waals surface area contributed by atoms with Gasteiger partial charge in [-0.1, -0.05) is 87.3 Å². The van der Waals surface area contributed by atoms with E-state index in [0.29, 0.717) is 16.5 Å². The summed E-state index contributed by atoms with van der Waals surface area (Å²) < 4.78 is 6.10. The number of halogens is 1. The van der Waals surface area contributed by atoms with Crippen molar-refractivity contribution in [1.29, 1.82) is 0 Å². The fourth-order valence-corrected chi connectivity index (χ4v) is 4.40. The number of rotatable bonds is 5.